The lowest BCUT2D eigenvalue weighted by molar-refractivity contribution is -0.184. The molecule has 0 N–H and O–H groups in total. The number of esters is 1. The SMILES string of the molecule is O=C=NS(=O)(=O)c1c(OC(F)F)csc1C(=O)OC1CCO1. The Balaban J connectivity index is 2.42. The third-order valence-electron chi connectivity index (χ3n) is 2.43. The molecule has 1 fully saturated rings. The summed E-state index contributed by atoms with van der Waals surface area (Å²) in [5.74, 6) is -1.92. The number of hydrogen-bond donors (Lipinski definition) is 0. The minimum absolute atomic E-state index is 0.378. The standard InChI is InChI=1S/C10H7F2NO7S2/c11-10(12)19-5-3-21-7(8(5)22(16,17)13-4-14)9(15)20-6-1-2-18-6/h3,6,10H,1-2H2. The molecular formula is C10H7F2NO7S2. The van der Waals surface area contributed by atoms with Crippen molar-refractivity contribution in [2.45, 2.75) is 24.2 Å². The lowest BCUT2D eigenvalue weighted by Gasteiger charge is -2.25. The zero-order valence-electron chi connectivity index (χ0n) is 10.5. The van der Waals surface area contributed by atoms with E-state index in [1.54, 1.807) is 0 Å². The van der Waals surface area contributed by atoms with Crippen molar-refractivity contribution in [1.29, 1.82) is 0 Å². The Morgan fingerprint density at radius 1 is 1.55 bits per heavy atom. The highest BCUT2D eigenvalue weighted by atomic mass is 32.2. The highest BCUT2D eigenvalue weighted by Gasteiger charge is 2.34. The van der Waals surface area contributed by atoms with Crippen LogP contribution in [0.3, 0.4) is 0 Å². The average Bonchev–Trinajstić information content (AvgIpc) is 2.77. The fourth-order valence-electron chi connectivity index (χ4n) is 1.47. The van der Waals surface area contributed by atoms with Crippen molar-refractivity contribution in [1.82, 2.24) is 0 Å². The van der Waals surface area contributed by atoms with E-state index in [1.165, 1.54) is 0 Å². The number of rotatable bonds is 6. The highest BCUT2D eigenvalue weighted by molar-refractivity contribution is 7.90. The van der Waals surface area contributed by atoms with Crippen LogP contribution in [0.25, 0.3) is 0 Å². The van der Waals surface area contributed by atoms with Gasteiger partial charge in [-0.1, -0.05) is 4.40 Å². The summed E-state index contributed by atoms with van der Waals surface area (Å²) in [5, 5.41) is 0.873. The summed E-state index contributed by atoms with van der Waals surface area (Å²) in [6, 6.07) is 0. The van der Waals surface area contributed by atoms with E-state index in [-0.39, 0.29) is 0 Å². The average molecular weight is 355 g/mol. The lowest BCUT2D eigenvalue weighted by atomic mass is 10.3. The van der Waals surface area contributed by atoms with Crippen molar-refractivity contribution < 1.29 is 41.0 Å². The van der Waals surface area contributed by atoms with Crippen molar-refractivity contribution in [3.63, 3.8) is 0 Å². The first-order chi connectivity index (χ1) is 10.3. The first kappa shape index (κ1) is 16.5. The fourth-order valence-corrected chi connectivity index (χ4v) is 3.62. The number of alkyl halides is 2. The molecule has 120 valence electrons. The second kappa shape index (κ2) is 6.48. The van der Waals surface area contributed by atoms with Crippen molar-refractivity contribution >= 4 is 33.4 Å². The molecule has 8 nitrogen and oxygen atoms in total. The van der Waals surface area contributed by atoms with Gasteiger partial charge in [0.05, 0.1) is 6.61 Å². The number of nitrogens with zero attached hydrogens (tertiary/aromatic N) is 1. The Labute approximate surface area is 126 Å². The van der Waals surface area contributed by atoms with Crippen LogP contribution in [-0.2, 0) is 24.3 Å². The molecular weight excluding hydrogens is 348 g/mol. The topological polar surface area (TPSA) is 108 Å². The number of ether oxygens (including phenoxy) is 3. The molecule has 0 aromatic carbocycles. The molecule has 1 saturated heterocycles. The molecule has 0 bridgehead atoms. The van der Waals surface area contributed by atoms with Gasteiger partial charge in [0.1, 0.15) is 4.88 Å². The van der Waals surface area contributed by atoms with E-state index in [2.05, 4.69) is 9.13 Å². The van der Waals surface area contributed by atoms with Gasteiger partial charge in [-0.05, 0) is 0 Å². The third kappa shape index (κ3) is 3.47. The fraction of sp³-hybridized carbons (Fsp3) is 0.400. The van der Waals surface area contributed by atoms with E-state index < -0.39 is 44.4 Å². The van der Waals surface area contributed by atoms with Gasteiger partial charge in [-0.3, -0.25) is 0 Å². The molecule has 1 aliphatic rings. The Kier molecular flexibility index (Phi) is 4.86. The Bertz CT molecular complexity index is 720. The summed E-state index contributed by atoms with van der Waals surface area (Å²) in [6.07, 6.45) is 0.366. The molecule has 2 heterocycles. The number of carbonyl (C=O) groups excluding carboxylic acids is 2. The molecule has 1 atom stereocenters. The van der Waals surface area contributed by atoms with Crippen LogP contribution in [0.5, 0.6) is 5.75 Å². The molecule has 12 heteroatoms. The first-order valence-corrected chi connectivity index (χ1v) is 7.90. The van der Waals surface area contributed by atoms with Crippen molar-refractivity contribution in [2.24, 2.45) is 4.40 Å². The van der Waals surface area contributed by atoms with Crippen LogP contribution < -0.4 is 4.74 Å². The Hall–Kier alpha value is -1.88. The first-order valence-electron chi connectivity index (χ1n) is 5.58. The molecule has 1 aromatic heterocycles. The molecule has 0 saturated carbocycles. The number of halogens is 2. The predicted molar refractivity (Wildman–Crippen MR) is 66.0 cm³/mol. The van der Waals surface area contributed by atoms with E-state index in [4.69, 9.17) is 9.47 Å². The second-order valence-electron chi connectivity index (χ2n) is 3.79. The quantitative estimate of drug-likeness (QED) is 0.429. The van der Waals surface area contributed by atoms with Gasteiger partial charge in [-0.2, -0.15) is 17.2 Å². The molecule has 0 aliphatic carbocycles. The number of carbonyl (C=O) groups is 1. The zero-order valence-corrected chi connectivity index (χ0v) is 12.2. The van der Waals surface area contributed by atoms with Crippen LogP contribution in [0.2, 0.25) is 0 Å². The molecule has 22 heavy (non-hydrogen) atoms. The minimum atomic E-state index is -4.73. The minimum Gasteiger partial charge on any atom is -0.432 e. The summed E-state index contributed by atoms with van der Waals surface area (Å²) in [5.41, 5.74) is 0. The van der Waals surface area contributed by atoms with Gasteiger partial charge in [0.25, 0.3) is 16.1 Å². The number of thiophene rings is 1. The van der Waals surface area contributed by atoms with Crippen LogP contribution in [0.1, 0.15) is 16.1 Å². The van der Waals surface area contributed by atoms with E-state index >= 15 is 0 Å². The van der Waals surface area contributed by atoms with Crippen molar-refractivity contribution in [3.05, 3.63) is 10.3 Å². The monoisotopic (exact) mass is 355 g/mol. The van der Waals surface area contributed by atoms with Gasteiger partial charge in [0, 0.05) is 11.8 Å². The van der Waals surface area contributed by atoms with Gasteiger partial charge in [0.15, 0.2) is 10.6 Å². The maximum atomic E-state index is 12.3. The van der Waals surface area contributed by atoms with E-state index in [0.29, 0.717) is 24.4 Å². The summed E-state index contributed by atoms with van der Waals surface area (Å²) in [6.45, 7) is -2.95. The molecule has 0 amide bonds. The predicted octanol–water partition coefficient (Wildman–Crippen LogP) is 1.28. The highest BCUT2D eigenvalue weighted by Crippen LogP contribution is 2.36. The summed E-state index contributed by atoms with van der Waals surface area (Å²) in [4.78, 5) is 20.5. The van der Waals surface area contributed by atoms with Crippen LogP contribution in [-0.4, -0.2) is 40.0 Å². The maximum absolute atomic E-state index is 12.3. The van der Waals surface area contributed by atoms with Crippen LogP contribution in [0.15, 0.2) is 14.7 Å². The second-order valence-corrected chi connectivity index (χ2v) is 6.21. The van der Waals surface area contributed by atoms with Gasteiger partial charge >= 0.3 is 12.6 Å². The van der Waals surface area contributed by atoms with Gasteiger partial charge < -0.3 is 14.2 Å². The number of hydrogen-bond acceptors (Lipinski definition) is 8. The van der Waals surface area contributed by atoms with E-state index in [9.17, 15) is 26.8 Å². The van der Waals surface area contributed by atoms with Gasteiger partial charge in [0.2, 0.25) is 6.29 Å². The number of isocyanates is 1. The smallest absolute Gasteiger partial charge is 0.387 e. The number of sulfonamides is 1. The van der Waals surface area contributed by atoms with Crippen molar-refractivity contribution in [2.75, 3.05) is 6.61 Å². The van der Waals surface area contributed by atoms with Gasteiger partial charge in [-0.15, -0.1) is 11.3 Å². The molecule has 0 radical (unpaired) electrons. The summed E-state index contributed by atoms with van der Waals surface area (Å²) in [7, 11) is -4.73. The lowest BCUT2D eigenvalue weighted by Crippen LogP contribution is -2.32. The summed E-state index contributed by atoms with van der Waals surface area (Å²) >= 11 is 0.498. The summed E-state index contributed by atoms with van der Waals surface area (Å²) < 4.78 is 64.4. The molecule has 1 unspecified atom stereocenters. The normalized spacial score (nSPS) is 17.5. The maximum Gasteiger partial charge on any atom is 0.387 e. The van der Waals surface area contributed by atoms with Crippen LogP contribution >= 0.6 is 11.3 Å². The zero-order chi connectivity index (χ0) is 16.3. The molecule has 2 rings (SSSR count). The Morgan fingerprint density at radius 3 is 2.73 bits per heavy atom. The van der Waals surface area contributed by atoms with E-state index in [0.717, 1.165) is 11.5 Å². The third-order valence-corrected chi connectivity index (χ3v) is 4.73. The van der Waals surface area contributed by atoms with Gasteiger partial charge in [-0.25, -0.2) is 9.59 Å². The van der Waals surface area contributed by atoms with Crippen LogP contribution in [0, 0.1) is 0 Å². The van der Waals surface area contributed by atoms with Crippen LogP contribution in [0.4, 0.5) is 8.78 Å². The largest absolute Gasteiger partial charge is 0.432 e. The molecule has 0 spiro atoms. The van der Waals surface area contributed by atoms with Crippen molar-refractivity contribution in [3.8, 4) is 5.75 Å². The molecule has 1 aliphatic heterocycles. The van der Waals surface area contributed by atoms with E-state index in [1.807, 2.05) is 0 Å². The Morgan fingerprint density at radius 2 is 2.23 bits per heavy atom. The molecule has 1 aromatic rings.